The average Bonchev–Trinajstić information content (AvgIpc) is 3.27. The van der Waals surface area contributed by atoms with Crippen LogP contribution in [-0.2, 0) is 6.54 Å². The largest absolute Gasteiger partial charge is 0.341 e. The molecule has 2 fully saturated rings. The molecule has 37 heavy (non-hydrogen) atoms. The molecule has 1 saturated heterocycles. The van der Waals surface area contributed by atoms with Crippen LogP contribution >= 0.6 is 0 Å². The van der Waals surface area contributed by atoms with Gasteiger partial charge < -0.3 is 20.6 Å². The summed E-state index contributed by atoms with van der Waals surface area (Å²) in [7, 11) is 0. The highest BCUT2D eigenvalue weighted by Crippen LogP contribution is 2.45. The molecule has 1 saturated carbocycles. The molecule has 5 aromatic rings. The first-order chi connectivity index (χ1) is 18.0. The van der Waals surface area contributed by atoms with Crippen molar-refractivity contribution >= 4 is 22.1 Å². The van der Waals surface area contributed by atoms with Gasteiger partial charge in [-0.2, -0.15) is 0 Å². The molecule has 3 aromatic carbocycles. The summed E-state index contributed by atoms with van der Waals surface area (Å²) in [4.78, 5) is 16.7. The van der Waals surface area contributed by atoms with Crippen molar-refractivity contribution in [1.82, 2.24) is 30.6 Å². The highest BCUT2D eigenvalue weighted by atomic mass is 15.1. The van der Waals surface area contributed by atoms with Gasteiger partial charge in [-0.1, -0.05) is 50.2 Å². The number of nitrogens with zero attached hydrogens (tertiary/aromatic N) is 2. The normalized spacial score (nSPS) is 21.7. The first-order valence-corrected chi connectivity index (χ1v) is 13.6. The fourth-order valence-corrected chi connectivity index (χ4v) is 5.58. The van der Waals surface area contributed by atoms with Crippen LogP contribution in [0.4, 0.5) is 0 Å². The van der Waals surface area contributed by atoms with E-state index < -0.39 is 0 Å². The third kappa shape index (κ3) is 4.34. The highest BCUT2D eigenvalue weighted by molar-refractivity contribution is 5.84. The molecule has 2 aliphatic rings. The van der Waals surface area contributed by atoms with Gasteiger partial charge in [0.05, 0.1) is 34.7 Å². The van der Waals surface area contributed by atoms with E-state index in [9.17, 15) is 0 Å². The summed E-state index contributed by atoms with van der Waals surface area (Å²) in [5.74, 6) is 3.52. The predicted molar refractivity (Wildman–Crippen MR) is 150 cm³/mol. The van der Waals surface area contributed by atoms with Gasteiger partial charge in [0.15, 0.2) is 0 Å². The lowest BCUT2D eigenvalue weighted by atomic mass is 10.00. The molecule has 2 aromatic heterocycles. The van der Waals surface area contributed by atoms with Gasteiger partial charge in [-0.3, -0.25) is 0 Å². The number of imidazole rings is 2. The molecular weight excluding hydrogens is 456 g/mol. The van der Waals surface area contributed by atoms with Crippen LogP contribution in [0.2, 0.25) is 0 Å². The molecule has 0 bridgehead atoms. The van der Waals surface area contributed by atoms with Crippen LogP contribution in [0.25, 0.3) is 44.3 Å². The topological polar surface area (TPSA) is 81.4 Å². The monoisotopic (exact) mass is 490 g/mol. The number of benzene rings is 3. The Bertz CT molecular complexity index is 1570. The zero-order valence-corrected chi connectivity index (χ0v) is 21.7. The minimum absolute atomic E-state index is 0.377. The van der Waals surface area contributed by atoms with Gasteiger partial charge in [-0.25, -0.2) is 9.97 Å². The molecule has 3 heterocycles. The second-order valence-corrected chi connectivity index (χ2v) is 11.3. The van der Waals surface area contributed by atoms with Gasteiger partial charge in [0, 0.05) is 12.1 Å². The van der Waals surface area contributed by atoms with Crippen LogP contribution in [0.1, 0.15) is 51.3 Å². The number of aromatic nitrogens is 4. The zero-order valence-electron chi connectivity index (χ0n) is 21.7. The Kier molecular flexibility index (Phi) is 5.41. The Labute approximate surface area is 217 Å². The number of fused-ring (bicyclic) bond motifs is 3. The number of H-pyrrole nitrogens is 2. The van der Waals surface area contributed by atoms with Crippen LogP contribution in [0.3, 0.4) is 0 Å². The van der Waals surface area contributed by atoms with E-state index >= 15 is 0 Å². The molecule has 188 valence electrons. The van der Waals surface area contributed by atoms with Crippen molar-refractivity contribution in [1.29, 1.82) is 0 Å². The van der Waals surface area contributed by atoms with Crippen molar-refractivity contribution in [2.45, 2.75) is 58.3 Å². The summed E-state index contributed by atoms with van der Waals surface area (Å²) < 4.78 is 0. The van der Waals surface area contributed by atoms with Gasteiger partial charge >= 0.3 is 0 Å². The minimum atomic E-state index is 0.377. The molecule has 6 nitrogen and oxygen atoms in total. The maximum Gasteiger partial charge on any atom is 0.124 e. The van der Waals surface area contributed by atoms with E-state index in [4.69, 9.17) is 9.97 Å². The molecule has 0 radical (unpaired) electrons. The smallest absolute Gasteiger partial charge is 0.124 e. The fourth-order valence-electron chi connectivity index (χ4n) is 5.58. The number of aromatic amines is 2. The minimum Gasteiger partial charge on any atom is -0.341 e. The van der Waals surface area contributed by atoms with Crippen molar-refractivity contribution in [2.75, 3.05) is 0 Å². The Morgan fingerprint density at radius 2 is 1.41 bits per heavy atom. The molecular formula is C31H34N6. The SMILES string of the molecule is CC(C)[C@@H](C)NCc1nc2ccc(-c3ccc(-c4ccc5nc([C@@H]6C[C@H]7C[C@H]7N6)[nH]c5c4)cc3)cc2[nH]1. The van der Waals surface area contributed by atoms with Crippen molar-refractivity contribution in [2.24, 2.45) is 11.8 Å². The standard InChI is InChI=1S/C31H34N6/c1-17(2)18(3)32-16-30-34-24-10-8-21(12-27(24)35-30)19-4-6-20(7-5-19)22-9-11-25-28(13-22)37-31(36-25)29-15-23-14-26(23)33-29/h4-13,17-18,23,26,29,32-33H,14-16H2,1-3H3,(H,34,35)(H,36,37)/t18-,23-,26-,29+/m1/s1. The van der Waals surface area contributed by atoms with Crippen LogP contribution in [0.15, 0.2) is 60.7 Å². The first kappa shape index (κ1) is 22.7. The second-order valence-electron chi connectivity index (χ2n) is 11.3. The van der Waals surface area contributed by atoms with Crippen LogP contribution in [0.5, 0.6) is 0 Å². The van der Waals surface area contributed by atoms with E-state index in [1.807, 2.05) is 0 Å². The van der Waals surface area contributed by atoms with Gasteiger partial charge in [-0.15, -0.1) is 0 Å². The lowest BCUT2D eigenvalue weighted by Gasteiger charge is -2.16. The molecule has 4 atom stereocenters. The molecule has 0 spiro atoms. The molecule has 6 heteroatoms. The molecule has 0 unspecified atom stereocenters. The number of hydrogen-bond acceptors (Lipinski definition) is 4. The van der Waals surface area contributed by atoms with Gasteiger partial charge in [0.2, 0.25) is 0 Å². The molecule has 0 amide bonds. The van der Waals surface area contributed by atoms with E-state index in [1.165, 1.54) is 35.1 Å². The number of nitrogens with one attached hydrogen (secondary N) is 4. The van der Waals surface area contributed by atoms with E-state index in [2.05, 4.69) is 102 Å². The average molecular weight is 491 g/mol. The summed E-state index contributed by atoms with van der Waals surface area (Å²) in [6, 6.07) is 23.4. The molecule has 7 rings (SSSR count). The van der Waals surface area contributed by atoms with Crippen molar-refractivity contribution in [3.8, 4) is 22.3 Å². The summed E-state index contributed by atoms with van der Waals surface area (Å²) in [6.45, 7) is 7.43. The van der Waals surface area contributed by atoms with Crippen LogP contribution < -0.4 is 10.6 Å². The van der Waals surface area contributed by atoms with Crippen LogP contribution in [0, 0.1) is 11.8 Å². The number of piperidine rings is 1. The van der Waals surface area contributed by atoms with Crippen molar-refractivity contribution in [3.63, 3.8) is 0 Å². The maximum absolute atomic E-state index is 4.86. The van der Waals surface area contributed by atoms with Gasteiger partial charge in [-0.05, 0) is 78.1 Å². The molecule has 1 aliphatic heterocycles. The highest BCUT2D eigenvalue weighted by Gasteiger charge is 2.46. The Hall–Kier alpha value is -3.48. The lowest BCUT2D eigenvalue weighted by Crippen LogP contribution is -2.30. The second kappa shape index (κ2) is 8.82. The van der Waals surface area contributed by atoms with Crippen molar-refractivity contribution in [3.05, 3.63) is 72.3 Å². The number of hydrogen-bond donors (Lipinski definition) is 4. The van der Waals surface area contributed by atoms with Crippen LogP contribution in [-0.4, -0.2) is 32.0 Å². The van der Waals surface area contributed by atoms with E-state index in [-0.39, 0.29) is 0 Å². The lowest BCUT2D eigenvalue weighted by molar-refractivity contribution is 0.422. The van der Waals surface area contributed by atoms with E-state index in [0.717, 1.165) is 52.2 Å². The van der Waals surface area contributed by atoms with Crippen molar-refractivity contribution < 1.29 is 0 Å². The quantitative estimate of drug-likeness (QED) is 0.215. The number of rotatable bonds is 7. The predicted octanol–water partition coefficient (Wildman–Crippen LogP) is 6.33. The third-order valence-electron chi connectivity index (χ3n) is 8.38. The van der Waals surface area contributed by atoms with E-state index in [1.54, 1.807) is 0 Å². The van der Waals surface area contributed by atoms with Gasteiger partial charge in [0.1, 0.15) is 11.6 Å². The first-order valence-electron chi connectivity index (χ1n) is 13.6. The molecule has 1 aliphatic carbocycles. The zero-order chi connectivity index (χ0) is 25.1. The molecule has 4 N–H and O–H groups in total. The summed E-state index contributed by atoms with van der Waals surface area (Å²) in [5.41, 5.74) is 9.02. The summed E-state index contributed by atoms with van der Waals surface area (Å²) >= 11 is 0. The maximum atomic E-state index is 4.86. The Morgan fingerprint density at radius 3 is 2.03 bits per heavy atom. The fraction of sp³-hybridized carbons (Fsp3) is 0.355. The summed E-state index contributed by atoms with van der Waals surface area (Å²) in [6.07, 6.45) is 2.54. The third-order valence-corrected chi connectivity index (χ3v) is 8.38. The Morgan fingerprint density at radius 1 is 0.784 bits per heavy atom. The van der Waals surface area contributed by atoms with E-state index in [0.29, 0.717) is 18.0 Å². The van der Waals surface area contributed by atoms with Gasteiger partial charge in [0.25, 0.3) is 0 Å². The Balaban J connectivity index is 1.09. The summed E-state index contributed by atoms with van der Waals surface area (Å²) in [5, 5.41) is 7.25.